The van der Waals surface area contributed by atoms with Gasteiger partial charge in [0.15, 0.2) is 4.80 Å². The van der Waals surface area contributed by atoms with Gasteiger partial charge in [0.05, 0.1) is 34.4 Å². The predicted octanol–water partition coefficient (Wildman–Crippen LogP) is 3.24. The molecule has 1 aromatic carbocycles. The Kier molecular flexibility index (Phi) is 8.48. The van der Waals surface area contributed by atoms with Crippen molar-refractivity contribution in [1.29, 1.82) is 0 Å². The maximum atomic E-state index is 12.5. The van der Waals surface area contributed by atoms with E-state index in [0.717, 1.165) is 36.1 Å². The molecule has 0 N–H and O–H groups in total. The van der Waals surface area contributed by atoms with E-state index in [2.05, 4.69) is 11.6 Å². The number of ether oxygens (including phenoxy) is 1. The minimum absolute atomic E-state index is 0.0959. The maximum absolute atomic E-state index is 12.5. The van der Waals surface area contributed by atoms with Gasteiger partial charge in [-0.25, -0.2) is 4.79 Å². The summed E-state index contributed by atoms with van der Waals surface area (Å²) < 4.78 is 7.50. The normalized spacial score (nSPS) is 15.0. The molecule has 0 radical (unpaired) electrons. The molecule has 1 aliphatic rings. The van der Waals surface area contributed by atoms with Crippen LogP contribution in [0.5, 0.6) is 0 Å². The molecule has 1 aliphatic heterocycles. The van der Waals surface area contributed by atoms with Gasteiger partial charge < -0.3 is 14.2 Å². The number of hydrogen-bond donors (Lipinski definition) is 0. The lowest BCUT2D eigenvalue weighted by Gasteiger charge is -2.19. The van der Waals surface area contributed by atoms with E-state index in [1.165, 1.54) is 43.1 Å². The summed E-state index contributed by atoms with van der Waals surface area (Å²) in [7, 11) is 1.34. The Labute approximate surface area is 189 Å². The summed E-state index contributed by atoms with van der Waals surface area (Å²) >= 11 is 2.64. The van der Waals surface area contributed by atoms with Crippen LogP contribution in [0.2, 0.25) is 0 Å². The molecule has 0 spiro atoms. The van der Waals surface area contributed by atoms with E-state index in [1.807, 2.05) is 15.5 Å². The van der Waals surface area contributed by atoms with E-state index in [0.29, 0.717) is 22.7 Å². The van der Waals surface area contributed by atoms with Gasteiger partial charge in [-0.3, -0.25) is 9.59 Å². The molecule has 7 nitrogen and oxygen atoms in total. The molecule has 0 saturated carbocycles. The number of esters is 1. The molecular formula is C22H27N3O4S2. The molecular weight excluding hydrogens is 434 g/mol. The standard InChI is InChI=1S/C22H27N3O4S2/c1-3-10-25-17-9-8-16(21(28)29-2)13-18(17)31-22(25)23-19(26)14-30-15-20(27)24-11-6-4-5-7-12-24/h3,8-9,13H,1,4-7,10-12,14-15H2,2H3. The van der Waals surface area contributed by atoms with Crippen molar-refractivity contribution in [2.75, 3.05) is 31.7 Å². The number of methoxy groups -OCH3 is 1. The number of fused-ring (bicyclic) bond motifs is 1. The molecule has 0 atom stereocenters. The van der Waals surface area contributed by atoms with Gasteiger partial charge in [0.1, 0.15) is 0 Å². The second-order valence-corrected chi connectivity index (χ2v) is 9.25. The van der Waals surface area contributed by atoms with E-state index in [-0.39, 0.29) is 17.6 Å². The first-order valence-electron chi connectivity index (χ1n) is 10.3. The van der Waals surface area contributed by atoms with Gasteiger partial charge in [-0.2, -0.15) is 4.99 Å². The third kappa shape index (κ3) is 6.07. The van der Waals surface area contributed by atoms with Crippen molar-refractivity contribution in [1.82, 2.24) is 9.47 Å². The second kappa shape index (κ2) is 11.3. The average Bonchev–Trinajstić information content (AvgIpc) is 2.94. The number of rotatable bonds is 7. The van der Waals surface area contributed by atoms with Crippen molar-refractivity contribution >= 4 is 51.1 Å². The second-order valence-electron chi connectivity index (χ2n) is 7.25. The first-order chi connectivity index (χ1) is 15.0. The van der Waals surface area contributed by atoms with Crippen LogP contribution in [0.3, 0.4) is 0 Å². The van der Waals surface area contributed by atoms with E-state index >= 15 is 0 Å². The Morgan fingerprint density at radius 1 is 1.19 bits per heavy atom. The van der Waals surface area contributed by atoms with Gasteiger partial charge in [-0.05, 0) is 31.0 Å². The van der Waals surface area contributed by atoms with Gasteiger partial charge >= 0.3 is 5.97 Å². The van der Waals surface area contributed by atoms with Crippen LogP contribution in [0.4, 0.5) is 0 Å². The topological polar surface area (TPSA) is 81.0 Å². The molecule has 0 aliphatic carbocycles. The largest absolute Gasteiger partial charge is 0.465 e. The first kappa shape index (κ1) is 23.3. The summed E-state index contributed by atoms with van der Waals surface area (Å²) in [4.78, 5) is 43.4. The maximum Gasteiger partial charge on any atom is 0.337 e. The fourth-order valence-corrected chi connectivity index (χ4v) is 5.28. The van der Waals surface area contributed by atoms with Crippen molar-refractivity contribution in [3.8, 4) is 0 Å². The van der Waals surface area contributed by atoms with Crippen LogP contribution in [-0.2, 0) is 20.9 Å². The SMILES string of the molecule is C=CCn1c(=NC(=O)CSCC(=O)N2CCCCCC2)sc2cc(C(=O)OC)ccc21. The van der Waals surface area contributed by atoms with Crippen LogP contribution in [-0.4, -0.2) is 59.0 Å². The molecule has 2 heterocycles. The molecule has 31 heavy (non-hydrogen) atoms. The number of benzene rings is 1. The number of thiazole rings is 1. The molecule has 1 saturated heterocycles. The van der Waals surface area contributed by atoms with Gasteiger partial charge in [0.25, 0.3) is 5.91 Å². The molecule has 1 aromatic heterocycles. The number of hydrogen-bond acceptors (Lipinski definition) is 6. The summed E-state index contributed by atoms with van der Waals surface area (Å²) in [6.07, 6.45) is 6.19. The van der Waals surface area contributed by atoms with Crippen LogP contribution < -0.4 is 4.80 Å². The molecule has 3 rings (SSSR count). The number of amides is 2. The van der Waals surface area contributed by atoms with E-state index < -0.39 is 5.97 Å². The van der Waals surface area contributed by atoms with Crippen molar-refractivity contribution in [2.24, 2.45) is 4.99 Å². The summed E-state index contributed by atoms with van der Waals surface area (Å²) in [5.74, 6) is -0.159. The highest BCUT2D eigenvalue weighted by Gasteiger charge is 2.16. The zero-order chi connectivity index (χ0) is 22.2. The number of carbonyl (C=O) groups excluding carboxylic acids is 3. The quantitative estimate of drug-likeness (QED) is 0.467. The zero-order valence-electron chi connectivity index (χ0n) is 17.7. The lowest BCUT2D eigenvalue weighted by Crippen LogP contribution is -2.33. The number of allylic oxidation sites excluding steroid dienone is 1. The number of aromatic nitrogens is 1. The average molecular weight is 462 g/mol. The van der Waals surface area contributed by atoms with Crippen molar-refractivity contribution in [2.45, 2.75) is 32.2 Å². The first-order valence-corrected chi connectivity index (χ1v) is 12.3. The summed E-state index contributed by atoms with van der Waals surface area (Å²) in [6, 6.07) is 5.25. The lowest BCUT2D eigenvalue weighted by molar-refractivity contribution is -0.128. The van der Waals surface area contributed by atoms with Crippen LogP contribution >= 0.6 is 23.1 Å². The van der Waals surface area contributed by atoms with Gasteiger partial charge in [0.2, 0.25) is 5.91 Å². The number of thioether (sulfide) groups is 1. The number of nitrogens with zero attached hydrogens (tertiary/aromatic N) is 3. The molecule has 0 bridgehead atoms. The Balaban J connectivity index is 1.70. The Hall–Kier alpha value is -2.39. The fourth-order valence-electron chi connectivity index (χ4n) is 3.48. The number of likely N-dealkylation sites (tertiary alicyclic amines) is 1. The van der Waals surface area contributed by atoms with Gasteiger partial charge in [-0.15, -0.1) is 18.3 Å². The monoisotopic (exact) mass is 461 g/mol. The Bertz CT molecular complexity index is 1030. The minimum Gasteiger partial charge on any atom is -0.465 e. The summed E-state index contributed by atoms with van der Waals surface area (Å²) in [5.41, 5.74) is 1.32. The van der Waals surface area contributed by atoms with E-state index in [4.69, 9.17) is 4.74 Å². The van der Waals surface area contributed by atoms with Crippen LogP contribution in [0, 0.1) is 0 Å². The van der Waals surface area contributed by atoms with E-state index in [9.17, 15) is 14.4 Å². The van der Waals surface area contributed by atoms with E-state index in [1.54, 1.807) is 18.2 Å². The van der Waals surface area contributed by atoms with Crippen LogP contribution in [0.1, 0.15) is 36.0 Å². The van der Waals surface area contributed by atoms with Crippen molar-refractivity contribution < 1.29 is 19.1 Å². The molecule has 2 aromatic rings. The Morgan fingerprint density at radius 2 is 1.94 bits per heavy atom. The molecule has 1 fully saturated rings. The Morgan fingerprint density at radius 3 is 2.61 bits per heavy atom. The highest BCUT2D eigenvalue weighted by Crippen LogP contribution is 2.20. The fraction of sp³-hybridized carbons (Fsp3) is 0.455. The smallest absolute Gasteiger partial charge is 0.337 e. The lowest BCUT2D eigenvalue weighted by atomic mass is 10.2. The third-order valence-electron chi connectivity index (χ3n) is 5.05. The third-order valence-corrected chi connectivity index (χ3v) is 6.99. The highest BCUT2D eigenvalue weighted by atomic mass is 32.2. The minimum atomic E-state index is -0.411. The van der Waals surface area contributed by atoms with Gasteiger partial charge in [0, 0.05) is 19.6 Å². The van der Waals surface area contributed by atoms with Crippen LogP contribution in [0.25, 0.3) is 10.2 Å². The molecule has 0 unspecified atom stereocenters. The van der Waals surface area contributed by atoms with Crippen molar-refractivity contribution in [3.05, 3.63) is 41.2 Å². The van der Waals surface area contributed by atoms with Crippen molar-refractivity contribution in [3.63, 3.8) is 0 Å². The number of carbonyl (C=O) groups is 3. The van der Waals surface area contributed by atoms with Gasteiger partial charge in [-0.1, -0.05) is 30.3 Å². The molecule has 9 heteroatoms. The molecule has 2 amide bonds. The predicted molar refractivity (Wildman–Crippen MR) is 124 cm³/mol. The summed E-state index contributed by atoms with van der Waals surface area (Å²) in [5, 5.41) is 0. The highest BCUT2D eigenvalue weighted by molar-refractivity contribution is 8.00. The zero-order valence-corrected chi connectivity index (χ0v) is 19.3. The van der Waals surface area contributed by atoms with Crippen LogP contribution in [0.15, 0.2) is 35.8 Å². The summed E-state index contributed by atoms with van der Waals surface area (Å²) in [6.45, 7) is 5.90. The molecule has 166 valence electrons.